The molecule has 2 N–H and O–H groups in total. The number of carbonyl (C=O) groups is 2. The van der Waals surface area contributed by atoms with Crippen molar-refractivity contribution in [3.8, 4) is 0 Å². The van der Waals surface area contributed by atoms with E-state index in [1.807, 2.05) is 14.0 Å². The summed E-state index contributed by atoms with van der Waals surface area (Å²) in [5, 5.41) is 5.53. The van der Waals surface area contributed by atoms with Crippen molar-refractivity contribution in [3.05, 3.63) is 0 Å². The fraction of sp³-hybridized carbons (Fsp3) is 0.818. The minimum atomic E-state index is -0.115. The van der Waals surface area contributed by atoms with Crippen molar-refractivity contribution in [1.82, 2.24) is 15.5 Å². The van der Waals surface area contributed by atoms with Crippen molar-refractivity contribution in [2.45, 2.75) is 26.2 Å². The van der Waals surface area contributed by atoms with Gasteiger partial charge in [-0.2, -0.15) is 0 Å². The first-order valence-corrected chi connectivity index (χ1v) is 5.78. The summed E-state index contributed by atoms with van der Waals surface area (Å²) in [6.07, 6.45) is 2.18. The van der Waals surface area contributed by atoms with Gasteiger partial charge < -0.3 is 15.5 Å². The molecule has 0 bridgehead atoms. The highest BCUT2D eigenvalue weighted by Crippen LogP contribution is 1.99. The molecule has 0 heterocycles. The Labute approximate surface area is 110 Å². The molecule has 5 nitrogen and oxygen atoms in total. The third-order valence-electron chi connectivity index (χ3n) is 2.28. The molecule has 0 aromatic carbocycles. The zero-order valence-electron chi connectivity index (χ0n) is 10.9. The maximum atomic E-state index is 11.8. The minimum Gasteiger partial charge on any atom is -0.358 e. The molecule has 0 radical (unpaired) electrons. The van der Waals surface area contributed by atoms with Gasteiger partial charge in [0.05, 0.1) is 6.54 Å². The number of rotatable bonds is 8. The van der Waals surface area contributed by atoms with Crippen molar-refractivity contribution < 1.29 is 9.59 Å². The molecule has 0 fully saturated rings. The van der Waals surface area contributed by atoms with Crippen molar-refractivity contribution in [1.29, 1.82) is 0 Å². The summed E-state index contributed by atoms with van der Waals surface area (Å²) in [5.41, 5.74) is 0. The molecule has 0 rings (SSSR count). The topological polar surface area (TPSA) is 61.4 Å². The smallest absolute Gasteiger partial charge is 0.239 e. The highest BCUT2D eigenvalue weighted by atomic mass is 35.5. The molecule has 102 valence electrons. The van der Waals surface area contributed by atoms with E-state index in [0.717, 1.165) is 19.4 Å². The molecule has 0 saturated heterocycles. The number of nitrogens with zero attached hydrogens (tertiary/aromatic N) is 1. The number of hydrogen-bond donors (Lipinski definition) is 2. The van der Waals surface area contributed by atoms with Gasteiger partial charge in [0.25, 0.3) is 0 Å². The second-order valence-electron chi connectivity index (χ2n) is 3.70. The van der Waals surface area contributed by atoms with Gasteiger partial charge in [0.15, 0.2) is 0 Å². The van der Waals surface area contributed by atoms with E-state index < -0.39 is 0 Å². The number of halogens is 1. The van der Waals surface area contributed by atoms with Crippen molar-refractivity contribution in [3.63, 3.8) is 0 Å². The van der Waals surface area contributed by atoms with Crippen molar-refractivity contribution in [2.75, 3.05) is 33.7 Å². The van der Waals surface area contributed by atoms with Gasteiger partial charge >= 0.3 is 0 Å². The Kier molecular flexibility index (Phi) is 12.7. The summed E-state index contributed by atoms with van der Waals surface area (Å²) in [6.45, 7) is 3.64. The van der Waals surface area contributed by atoms with Crippen LogP contribution in [-0.2, 0) is 9.59 Å². The monoisotopic (exact) mass is 265 g/mol. The Morgan fingerprint density at radius 1 is 1.24 bits per heavy atom. The Bertz CT molecular complexity index is 225. The van der Waals surface area contributed by atoms with Gasteiger partial charge in [-0.25, -0.2) is 0 Å². The largest absolute Gasteiger partial charge is 0.358 e. The zero-order valence-corrected chi connectivity index (χ0v) is 11.7. The number of likely N-dealkylation sites (N-methyl/N-ethyl adjacent to an activating group) is 1. The highest BCUT2D eigenvalue weighted by molar-refractivity contribution is 5.85. The minimum absolute atomic E-state index is 0. The summed E-state index contributed by atoms with van der Waals surface area (Å²) < 4.78 is 0. The third kappa shape index (κ3) is 8.94. The van der Waals surface area contributed by atoms with Crippen LogP contribution in [0.1, 0.15) is 26.2 Å². The van der Waals surface area contributed by atoms with Crippen LogP contribution in [0.4, 0.5) is 0 Å². The summed E-state index contributed by atoms with van der Waals surface area (Å²) in [4.78, 5) is 24.6. The lowest BCUT2D eigenvalue weighted by atomic mass is 10.2. The number of hydrogen-bond acceptors (Lipinski definition) is 3. The van der Waals surface area contributed by atoms with Gasteiger partial charge in [-0.05, 0) is 26.4 Å². The van der Waals surface area contributed by atoms with Crippen LogP contribution in [-0.4, -0.2) is 50.4 Å². The molecule has 0 spiro atoms. The van der Waals surface area contributed by atoms with Crippen LogP contribution in [0.15, 0.2) is 0 Å². The maximum Gasteiger partial charge on any atom is 0.239 e. The highest BCUT2D eigenvalue weighted by Gasteiger charge is 2.14. The van der Waals surface area contributed by atoms with Crippen LogP contribution in [0, 0.1) is 0 Å². The van der Waals surface area contributed by atoms with Gasteiger partial charge in [0, 0.05) is 20.0 Å². The van der Waals surface area contributed by atoms with Crippen LogP contribution < -0.4 is 10.6 Å². The van der Waals surface area contributed by atoms with E-state index in [9.17, 15) is 9.59 Å². The normalized spacial score (nSPS) is 9.35. The quantitative estimate of drug-likeness (QED) is 0.625. The van der Waals surface area contributed by atoms with Gasteiger partial charge in [0.2, 0.25) is 11.8 Å². The van der Waals surface area contributed by atoms with Gasteiger partial charge in [-0.15, -0.1) is 12.4 Å². The van der Waals surface area contributed by atoms with Crippen LogP contribution in [0.5, 0.6) is 0 Å². The molecule has 0 saturated carbocycles. The molecule has 0 aliphatic rings. The average molecular weight is 266 g/mol. The van der Waals surface area contributed by atoms with E-state index in [1.165, 1.54) is 0 Å². The predicted molar refractivity (Wildman–Crippen MR) is 71.3 cm³/mol. The molecule has 2 amide bonds. The molecule has 0 aliphatic heterocycles. The standard InChI is InChI=1S/C11H23N3O2.ClH/c1-4-8-14(9-10(15)13-3)11(16)6-5-7-12-2;/h12H,4-9H2,1-3H3,(H,13,15);1H. The molecule has 6 heteroatoms. The first-order valence-electron chi connectivity index (χ1n) is 5.78. The molecule has 17 heavy (non-hydrogen) atoms. The predicted octanol–water partition coefficient (Wildman–Crippen LogP) is 0.392. The second-order valence-corrected chi connectivity index (χ2v) is 3.70. The van der Waals surface area contributed by atoms with Crippen molar-refractivity contribution >= 4 is 24.2 Å². The summed E-state index contributed by atoms with van der Waals surface area (Å²) in [6, 6.07) is 0. The average Bonchev–Trinajstić information content (AvgIpc) is 2.28. The maximum absolute atomic E-state index is 11.8. The van der Waals surface area contributed by atoms with Crippen LogP contribution >= 0.6 is 12.4 Å². The summed E-state index contributed by atoms with van der Waals surface area (Å²) in [7, 11) is 3.44. The molecule has 0 aliphatic carbocycles. The van der Waals surface area contributed by atoms with E-state index in [1.54, 1.807) is 11.9 Å². The lowest BCUT2D eigenvalue weighted by molar-refractivity contribution is -0.136. The molecular weight excluding hydrogens is 242 g/mol. The number of carbonyl (C=O) groups excluding carboxylic acids is 2. The van der Waals surface area contributed by atoms with Crippen LogP contribution in [0.3, 0.4) is 0 Å². The van der Waals surface area contributed by atoms with Crippen LogP contribution in [0.2, 0.25) is 0 Å². The Hall–Kier alpha value is -0.810. The van der Waals surface area contributed by atoms with E-state index >= 15 is 0 Å². The summed E-state index contributed by atoms with van der Waals surface area (Å²) >= 11 is 0. The first-order chi connectivity index (χ1) is 7.65. The van der Waals surface area contributed by atoms with Gasteiger partial charge in [0.1, 0.15) is 0 Å². The fourth-order valence-corrected chi connectivity index (χ4v) is 1.39. The third-order valence-corrected chi connectivity index (χ3v) is 2.28. The Balaban J connectivity index is 0. The van der Waals surface area contributed by atoms with E-state index in [4.69, 9.17) is 0 Å². The molecule has 0 aromatic rings. The Morgan fingerprint density at radius 3 is 2.35 bits per heavy atom. The molecule has 0 unspecified atom stereocenters. The molecule has 0 atom stereocenters. The Morgan fingerprint density at radius 2 is 1.88 bits per heavy atom. The zero-order chi connectivity index (χ0) is 12.4. The van der Waals surface area contributed by atoms with Crippen LogP contribution in [0.25, 0.3) is 0 Å². The molecular formula is C11H24ClN3O2. The SMILES string of the molecule is CCCN(CC(=O)NC)C(=O)CCCNC.Cl. The fourth-order valence-electron chi connectivity index (χ4n) is 1.39. The number of nitrogens with one attached hydrogen (secondary N) is 2. The molecule has 0 aromatic heterocycles. The van der Waals surface area contributed by atoms with E-state index in [-0.39, 0.29) is 30.8 Å². The van der Waals surface area contributed by atoms with E-state index in [2.05, 4.69) is 10.6 Å². The second kappa shape index (κ2) is 11.7. The number of amides is 2. The van der Waals surface area contributed by atoms with Gasteiger partial charge in [-0.3, -0.25) is 9.59 Å². The lowest BCUT2D eigenvalue weighted by Gasteiger charge is -2.21. The van der Waals surface area contributed by atoms with Gasteiger partial charge in [-0.1, -0.05) is 6.92 Å². The van der Waals surface area contributed by atoms with E-state index in [0.29, 0.717) is 13.0 Å². The summed E-state index contributed by atoms with van der Waals surface area (Å²) in [5.74, 6) is -0.0592. The lowest BCUT2D eigenvalue weighted by Crippen LogP contribution is -2.40. The first kappa shape index (κ1) is 18.6. The van der Waals surface area contributed by atoms with Crippen molar-refractivity contribution in [2.24, 2.45) is 0 Å².